The van der Waals surface area contributed by atoms with Gasteiger partial charge in [0.1, 0.15) is 5.66 Å². The highest BCUT2D eigenvalue weighted by molar-refractivity contribution is 5.96. The number of hydrogen-bond acceptors (Lipinski definition) is 2. The Labute approximate surface area is 120 Å². The predicted octanol–water partition coefficient (Wildman–Crippen LogP) is 2.49. The van der Waals surface area contributed by atoms with Gasteiger partial charge in [-0.05, 0) is 44.2 Å². The van der Waals surface area contributed by atoms with Crippen LogP contribution in [0.15, 0.2) is 42.0 Å². The first-order valence-electron chi connectivity index (χ1n) is 7.51. The van der Waals surface area contributed by atoms with E-state index in [1.807, 2.05) is 6.92 Å². The minimum absolute atomic E-state index is 0.0941. The van der Waals surface area contributed by atoms with E-state index in [1.54, 1.807) is 0 Å². The van der Waals surface area contributed by atoms with Crippen molar-refractivity contribution in [3.05, 3.63) is 47.5 Å². The van der Waals surface area contributed by atoms with Crippen molar-refractivity contribution in [3.8, 4) is 0 Å². The Morgan fingerprint density at radius 1 is 1.25 bits per heavy atom. The van der Waals surface area contributed by atoms with Gasteiger partial charge in [-0.3, -0.25) is 9.69 Å². The Morgan fingerprint density at radius 3 is 2.75 bits per heavy atom. The van der Waals surface area contributed by atoms with E-state index in [0.717, 1.165) is 31.5 Å². The molecule has 0 unspecified atom stereocenters. The second kappa shape index (κ2) is 5.41. The molecule has 3 nitrogen and oxygen atoms in total. The molecule has 1 atom stereocenters. The number of carbonyl (C=O) groups excluding carboxylic acids is 1. The number of hydrogen-bond donors (Lipinski definition) is 1. The summed E-state index contributed by atoms with van der Waals surface area (Å²) in [7, 11) is 0. The van der Waals surface area contributed by atoms with Crippen LogP contribution in [0.2, 0.25) is 0 Å². The van der Waals surface area contributed by atoms with Crippen molar-refractivity contribution in [2.75, 3.05) is 13.1 Å². The summed E-state index contributed by atoms with van der Waals surface area (Å²) in [4.78, 5) is 14.3. The molecule has 2 heterocycles. The summed E-state index contributed by atoms with van der Waals surface area (Å²) in [5.41, 5.74) is 2.00. The zero-order chi connectivity index (χ0) is 14.0. The van der Waals surface area contributed by atoms with E-state index in [2.05, 4.69) is 46.6 Å². The lowest BCUT2D eigenvalue weighted by Crippen LogP contribution is -2.59. The number of amides is 1. The average molecular weight is 270 g/mol. The van der Waals surface area contributed by atoms with E-state index >= 15 is 0 Å². The molecule has 0 bridgehead atoms. The van der Waals surface area contributed by atoms with Crippen molar-refractivity contribution in [3.63, 3.8) is 0 Å². The van der Waals surface area contributed by atoms with Gasteiger partial charge in [-0.1, -0.05) is 30.3 Å². The van der Waals surface area contributed by atoms with Gasteiger partial charge in [-0.15, -0.1) is 0 Å². The number of carbonyl (C=O) groups is 1. The molecule has 106 valence electrons. The Bertz CT molecular complexity index is 523. The summed E-state index contributed by atoms with van der Waals surface area (Å²) in [6.45, 7) is 3.97. The van der Waals surface area contributed by atoms with E-state index in [1.165, 1.54) is 18.4 Å². The van der Waals surface area contributed by atoms with Gasteiger partial charge in [0, 0.05) is 18.7 Å². The highest BCUT2D eigenvalue weighted by atomic mass is 16.2. The van der Waals surface area contributed by atoms with Gasteiger partial charge in [0.25, 0.3) is 0 Å². The molecule has 0 saturated carbocycles. The summed E-state index contributed by atoms with van der Waals surface area (Å²) in [5.74, 6) is 0.0941. The summed E-state index contributed by atoms with van der Waals surface area (Å²) in [6.07, 6.45) is 6.61. The first-order valence-corrected chi connectivity index (χ1v) is 7.51. The minimum Gasteiger partial charge on any atom is -0.331 e. The van der Waals surface area contributed by atoms with Crippen LogP contribution in [0.25, 0.3) is 0 Å². The van der Waals surface area contributed by atoms with Crippen LogP contribution < -0.4 is 5.32 Å². The SMILES string of the molecule is CC1=C[C@]2(CCCCN2CCc2ccccc2)NC1=O. The van der Waals surface area contributed by atoms with Crippen molar-refractivity contribution >= 4 is 5.91 Å². The molecular formula is C17H22N2O. The fourth-order valence-corrected chi connectivity index (χ4v) is 3.33. The first kappa shape index (κ1) is 13.4. The average Bonchev–Trinajstić information content (AvgIpc) is 2.74. The smallest absolute Gasteiger partial charge is 0.248 e. The molecule has 3 heteroatoms. The second-order valence-electron chi connectivity index (χ2n) is 5.89. The summed E-state index contributed by atoms with van der Waals surface area (Å²) in [5, 5.41) is 3.20. The first-order chi connectivity index (χ1) is 9.70. The fraction of sp³-hybridized carbons (Fsp3) is 0.471. The Morgan fingerprint density at radius 2 is 2.05 bits per heavy atom. The van der Waals surface area contributed by atoms with Crippen LogP contribution in [0, 0.1) is 0 Å². The molecule has 20 heavy (non-hydrogen) atoms. The Hall–Kier alpha value is -1.61. The standard InChI is InChI=1S/C17H22N2O/c1-14-13-17(18-16(14)20)10-5-6-11-19(17)12-9-15-7-3-2-4-8-15/h2-4,7-8,13H,5-6,9-12H2,1H3,(H,18,20)/t17-/m1/s1. The predicted molar refractivity (Wildman–Crippen MR) is 80.2 cm³/mol. The van der Waals surface area contributed by atoms with Gasteiger partial charge >= 0.3 is 0 Å². The lowest BCUT2D eigenvalue weighted by Gasteiger charge is -2.43. The van der Waals surface area contributed by atoms with Crippen LogP contribution in [0.5, 0.6) is 0 Å². The highest BCUT2D eigenvalue weighted by Crippen LogP contribution is 2.32. The fourth-order valence-electron chi connectivity index (χ4n) is 3.33. The van der Waals surface area contributed by atoms with Gasteiger partial charge in [0.05, 0.1) is 0 Å². The van der Waals surface area contributed by atoms with Crippen LogP contribution >= 0.6 is 0 Å². The maximum atomic E-state index is 11.9. The molecule has 0 radical (unpaired) electrons. The van der Waals surface area contributed by atoms with Gasteiger partial charge in [-0.25, -0.2) is 0 Å². The monoisotopic (exact) mass is 270 g/mol. The maximum absolute atomic E-state index is 11.9. The van der Waals surface area contributed by atoms with Gasteiger partial charge < -0.3 is 5.32 Å². The molecule has 1 aromatic carbocycles. The van der Waals surface area contributed by atoms with Crippen LogP contribution in [-0.4, -0.2) is 29.6 Å². The molecule has 2 aliphatic rings. The number of likely N-dealkylation sites (tertiary alicyclic amines) is 1. The number of piperidine rings is 1. The third-order valence-corrected chi connectivity index (χ3v) is 4.46. The minimum atomic E-state index is -0.214. The number of nitrogens with one attached hydrogen (secondary N) is 1. The molecule has 1 amide bonds. The van der Waals surface area contributed by atoms with Crippen LogP contribution in [0.3, 0.4) is 0 Å². The lowest BCUT2D eigenvalue weighted by atomic mass is 9.94. The molecule has 1 N–H and O–H groups in total. The van der Waals surface area contributed by atoms with E-state index in [4.69, 9.17) is 0 Å². The zero-order valence-electron chi connectivity index (χ0n) is 12.1. The van der Waals surface area contributed by atoms with Gasteiger partial charge in [0.15, 0.2) is 0 Å². The third-order valence-electron chi connectivity index (χ3n) is 4.46. The molecule has 0 aliphatic carbocycles. The molecule has 0 aromatic heterocycles. The highest BCUT2D eigenvalue weighted by Gasteiger charge is 2.42. The number of nitrogens with zero attached hydrogens (tertiary/aromatic N) is 1. The molecule has 2 aliphatic heterocycles. The van der Waals surface area contributed by atoms with Gasteiger partial charge in [0.2, 0.25) is 5.91 Å². The molecule has 1 saturated heterocycles. The van der Waals surface area contributed by atoms with E-state index in [9.17, 15) is 4.79 Å². The molecule has 1 spiro atoms. The number of rotatable bonds is 3. The summed E-state index contributed by atoms with van der Waals surface area (Å²) >= 11 is 0. The summed E-state index contributed by atoms with van der Waals surface area (Å²) in [6, 6.07) is 10.6. The van der Waals surface area contributed by atoms with Gasteiger partial charge in [-0.2, -0.15) is 0 Å². The number of benzene rings is 1. The Balaban J connectivity index is 1.72. The van der Waals surface area contributed by atoms with Crippen molar-refractivity contribution in [2.24, 2.45) is 0 Å². The summed E-state index contributed by atoms with van der Waals surface area (Å²) < 4.78 is 0. The molecule has 3 rings (SSSR count). The van der Waals surface area contributed by atoms with Crippen LogP contribution in [-0.2, 0) is 11.2 Å². The molecule has 1 fully saturated rings. The third kappa shape index (κ3) is 2.50. The maximum Gasteiger partial charge on any atom is 0.248 e. The van der Waals surface area contributed by atoms with Crippen molar-refractivity contribution < 1.29 is 4.79 Å². The van der Waals surface area contributed by atoms with E-state index < -0.39 is 0 Å². The van der Waals surface area contributed by atoms with Crippen molar-refractivity contribution in [2.45, 2.75) is 38.3 Å². The topological polar surface area (TPSA) is 32.3 Å². The lowest BCUT2D eigenvalue weighted by molar-refractivity contribution is -0.119. The molecule has 1 aromatic rings. The van der Waals surface area contributed by atoms with E-state index in [0.29, 0.717) is 0 Å². The van der Waals surface area contributed by atoms with Crippen molar-refractivity contribution in [1.82, 2.24) is 10.2 Å². The quantitative estimate of drug-likeness (QED) is 0.915. The van der Waals surface area contributed by atoms with E-state index in [-0.39, 0.29) is 11.6 Å². The molecular weight excluding hydrogens is 248 g/mol. The van der Waals surface area contributed by atoms with Crippen molar-refractivity contribution in [1.29, 1.82) is 0 Å². The Kier molecular flexibility index (Phi) is 3.62. The largest absolute Gasteiger partial charge is 0.331 e. The van der Waals surface area contributed by atoms with Crippen LogP contribution in [0.1, 0.15) is 31.7 Å². The normalized spacial score (nSPS) is 26.6. The van der Waals surface area contributed by atoms with Crippen LogP contribution in [0.4, 0.5) is 0 Å². The second-order valence-corrected chi connectivity index (χ2v) is 5.89. The zero-order valence-corrected chi connectivity index (χ0v) is 12.1.